The summed E-state index contributed by atoms with van der Waals surface area (Å²) in [7, 11) is -4.78. The number of esters is 2. The molecular weight excluding hydrogens is 822 g/mol. The van der Waals surface area contributed by atoms with Crippen LogP contribution < -0.4 is 5.73 Å². The Morgan fingerprint density at radius 3 is 1.68 bits per heavy atom. The van der Waals surface area contributed by atoms with Gasteiger partial charge in [-0.05, 0) is 89.9 Å². The van der Waals surface area contributed by atoms with Gasteiger partial charge < -0.3 is 30.3 Å². The van der Waals surface area contributed by atoms with E-state index in [-0.39, 0.29) is 19.3 Å². The maximum absolute atomic E-state index is 12.6. The van der Waals surface area contributed by atoms with Gasteiger partial charge in [0.2, 0.25) is 0 Å². The highest BCUT2D eigenvalue weighted by molar-refractivity contribution is 7.47. The van der Waals surface area contributed by atoms with E-state index in [1.54, 1.807) is 24.3 Å². The summed E-state index contributed by atoms with van der Waals surface area (Å²) in [5, 5.41) is 19.1. The molecule has 0 radical (unpaired) electrons. The van der Waals surface area contributed by atoms with E-state index >= 15 is 0 Å². The van der Waals surface area contributed by atoms with Crippen molar-refractivity contribution in [1.82, 2.24) is 0 Å². The van der Waals surface area contributed by atoms with E-state index in [2.05, 4.69) is 103 Å². The number of rotatable bonds is 40. The SMILES string of the molecule is CC/C=C\C/C=C\C/C=C\C/C=C\C=C/C(O)C/C=C\CCC(=O)O[C@H](COC(=O)CCCCC/C=C\C/C=C\C/C=C\C/C=C\CCCCC)COP(=O)(O)OC[C@H](N)C(=O)O. The van der Waals surface area contributed by atoms with Gasteiger partial charge in [-0.1, -0.05) is 155 Å². The molecule has 0 saturated carbocycles. The van der Waals surface area contributed by atoms with Crippen molar-refractivity contribution < 1.29 is 52.6 Å². The van der Waals surface area contributed by atoms with Crippen LogP contribution in [0.4, 0.5) is 0 Å². The first-order valence-corrected chi connectivity index (χ1v) is 24.2. The summed E-state index contributed by atoms with van der Waals surface area (Å²) in [6.45, 7) is 2.43. The van der Waals surface area contributed by atoms with Crippen LogP contribution in [0, 0.1) is 0 Å². The third-order valence-electron chi connectivity index (χ3n) is 8.79. The van der Waals surface area contributed by atoms with Gasteiger partial charge in [0.1, 0.15) is 12.6 Å². The highest BCUT2D eigenvalue weighted by atomic mass is 31.2. The molecule has 2 unspecified atom stereocenters. The minimum atomic E-state index is -4.78. The molecule has 0 fully saturated rings. The summed E-state index contributed by atoms with van der Waals surface area (Å²) in [5.74, 6) is -2.64. The molecule has 5 N–H and O–H groups in total. The van der Waals surface area contributed by atoms with Gasteiger partial charge in [-0.3, -0.25) is 23.4 Å². The molecule has 0 aliphatic rings. The normalized spacial score (nSPS) is 15.3. The second-order valence-electron chi connectivity index (χ2n) is 14.6. The molecule has 0 aromatic rings. The summed E-state index contributed by atoms with van der Waals surface area (Å²) in [6, 6.07) is -1.56. The molecule has 13 heteroatoms. The number of aliphatic carboxylic acids is 1. The number of hydrogen-bond acceptors (Lipinski definition) is 10. The lowest BCUT2D eigenvalue weighted by molar-refractivity contribution is -0.161. The molecule has 0 saturated heterocycles. The molecule has 0 aromatic heterocycles. The molecule has 0 rings (SSSR count). The summed E-state index contributed by atoms with van der Waals surface area (Å²) >= 11 is 0. The number of carbonyl (C=O) groups is 3. The van der Waals surface area contributed by atoms with Crippen molar-refractivity contribution >= 4 is 25.7 Å². The van der Waals surface area contributed by atoms with Crippen molar-refractivity contribution in [3.63, 3.8) is 0 Å². The number of phosphoric ester groups is 1. The van der Waals surface area contributed by atoms with Crippen molar-refractivity contribution in [3.05, 3.63) is 122 Å². The largest absolute Gasteiger partial charge is 0.480 e. The molecular formula is C50H78NO11P. The van der Waals surface area contributed by atoms with Crippen LogP contribution in [0.5, 0.6) is 0 Å². The lowest BCUT2D eigenvalue weighted by atomic mass is 10.1. The van der Waals surface area contributed by atoms with Crippen molar-refractivity contribution in [2.75, 3.05) is 19.8 Å². The van der Waals surface area contributed by atoms with Crippen LogP contribution >= 0.6 is 7.82 Å². The number of ether oxygens (including phenoxy) is 2. The molecule has 0 aliphatic carbocycles. The number of allylic oxidation sites excluding steroid dienone is 18. The molecule has 12 nitrogen and oxygen atoms in total. The quantitative estimate of drug-likeness (QED) is 0.0150. The maximum atomic E-state index is 12.6. The number of carboxylic acid groups (broad SMARTS) is 1. The number of carbonyl (C=O) groups excluding carboxylic acids is 2. The Morgan fingerprint density at radius 1 is 0.587 bits per heavy atom. The van der Waals surface area contributed by atoms with E-state index in [0.29, 0.717) is 12.8 Å². The monoisotopic (exact) mass is 900 g/mol. The highest BCUT2D eigenvalue weighted by Gasteiger charge is 2.28. The van der Waals surface area contributed by atoms with Gasteiger partial charge in [-0.25, -0.2) is 4.57 Å². The predicted octanol–water partition coefficient (Wildman–Crippen LogP) is 11.4. The van der Waals surface area contributed by atoms with Crippen LogP contribution in [0.3, 0.4) is 0 Å². The van der Waals surface area contributed by atoms with E-state index < -0.39 is 63.8 Å². The van der Waals surface area contributed by atoms with Gasteiger partial charge in [-0.2, -0.15) is 0 Å². The van der Waals surface area contributed by atoms with Crippen LogP contribution in [-0.2, 0) is 37.5 Å². The van der Waals surface area contributed by atoms with E-state index in [1.807, 2.05) is 12.2 Å². The van der Waals surface area contributed by atoms with E-state index in [0.717, 1.165) is 70.6 Å². The van der Waals surface area contributed by atoms with E-state index in [4.69, 9.17) is 24.8 Å². The third-order valence-corrected chi connectivity index (χ3v) is 9.74. The number of phosphoric acid groups is 1. The van der Waals surface area contributed by atoms with Crippen LogP contribution in [0.1, 0.15) is 136 Å². The van der Waals surface area contributed by atoms with Gasteiger partial charge in [0.15, 0.2) is 6.10 Å². The van der Waals surface area contributed by atoms with Gasteiger partial charge in [-0.15, -0.1) is 0 Å². The number of aliphatic hydroxyl groups excluding tert-OH is 1. The molecule has 63 heavy (non-hydrogen) atoms. The Labute approximate surface area is 378 Å². The minimum absolute atomic E-state index is 0.0605. The molecule has 4 atom stereocenters. The second-order valence-corrected chi connectivity index (χ2v) is 16.1. The number of hydrogen-bond donors (Lipinski definition) is 4. The Morgan fingerprint density at radius 2 is 1.11 bits per heavy atom. The second kappa shape index (κ2) is 43.1. The molecule has 0 aliphatic heterocycles. The standard InChI is InChI=1S/C50H78NO11P/c1-3-5-7-9-11-13-15-17-18-19-20-21-22-24-26-28-30-32-36-40-48(53)59-42-46(43-60-63(57,58)61-44-47(51)50(55)56)62-49(54)41-37-33-35-39-45(52)38-34-31-29-27-25-23-16-14-12-10-8-6-4-2/h6,8,11-14,17-18,20-21,23-26,29,31,33-35,38,45-47,52H,3-5,7,9-10,15-16,19,22,27-28,30,32,36-37,39-44,51H2,1-2H3,(H,55,56)(H,57,58)/b8-6-,13-11-,14-12-,18-17-,21-20-,25-23-,26-24-,31-29-,35-33-,38-34-/t45?,46-,47+/m1/s1. The van der Waals surface area contributed by atoms with Crippen LogP contribution in [0.2, 0.25) is 0 Å². The third kappa shape index (κ3) is 42.9. The van der Waals surface area contributed by atoms with Gasteiger partial charge in [0.05, 0.1) is 19.3 Å². The van der Waals surface area contributed by atoms with E-state index in [9.17, 15) is 28.9 Å². The summed E-state index contributed by atoms with van der Waals surface area (Å²) in [6.07, 6.45) is 54.4. The Hall–Kier alpha value is -4.16. The Kier molecular flexibility index (Phi) is 40.3. The molecule has 0 spiro atoms. The number of unbranched alkanes of at least 4 members (excludes halogenated alkanes) is 6. The molecule has 0 amide bonds. The van der Waals surface area contributed by atoms with Gasteiger partial charge >= 0.3 is 25.7 Å². The minimum Gasteiger partial charge on any atom is -0.480 e. The predicted molar refractivity (Wildman–Crippen MR) is 255 cm³/mol. The van der Waals surface area contributed by atoms with Crippen molar-refractivity contribution in [1.29, 1.82) is 0 Å². The van der Waals surface area contributed by atoms with E-state index in [1.165, 1.54) is 19.3 Å². The Bertz CT molecular complexity index is 1540. The zero-order chi connectivity index (χ0) is 46.5. The maximum Gasteiger partial charge on any atom is 0.472 e. The fourth-order valence-corrected chi connectivity index (χ4v) is 5.99. The summed E-state index contributed by atoms with van der Waals surface area (Å²) < 4.78 is 32.5. The van der Waals surface area contributed by atoms with Crippen LogP contribution in [0.25, 0.3) is 0 Å². The highest BCUT2D eigenvalue weighted by Crippen LogP contribution is 2.43. The first kappa shape index (κ1) is 58.8. The van der Waals surface area contributed by atoms with Gasteiger partial charge in [0, 0.05) is 12.8 Å². The van der Waals surface area contributed by atoms with Crippen molar-refractivity contribution in [2.45, 2.75) is 154 Å². The molecule has 354 valence electrons. The smallest absolute Gasteiger partial charge is 0.472 e. The van der Waals surface area contributed by atoms with Crippen LogP contribution in [-0.4, -0.2) is 71.1 Å². The molecule has 0 heterocycles. The lowest BCUT2D eigenvalue weighted by Crippen LogP contribution is -2.34. The van der Waals surface area contributed by atoms with Crippen LogP contribution in [0.15, 0.2) is 122 Å². The zero-order valence-electron chi connectivity index (χ0n) is 38.0. The Balaban J connectivity index is 4.64. The average molecular weight is 900 g/mol. The summed E-state index contributed by atoms with van der Waals surface area (Å²) in [4.78, 5) is 46.0. The topological polar surface area (TPSA) is 192 Å². The lowest BCUT2D eigenvalue weighted by Gasteiger charge is -2.20. The number of nitrogens with two attached hydrogens (primary N) is 1. The first-order valence-electron chi connectivity index (χ1n) is 22.7. The van der Waals surface area contributed by atoms with Gasteiger partial charge in [0.25, 0.3) is 0 Å². The summed E-state index contributed by atoms with van der Waals surface area (Å²) in [5.41, 5.74) is 5.32. The first-order chi connectivity index (χ1) is 30.5. The molecule has 0 aromatic carbocycles. The fraction of sp³-hybridized carbons (Fsp3) is 0.540. The van der Waals surface area contributed by atoms with Crippen molar-refractivity contribution in [3.8, 4) is 0 Å². The fourth-order valence-electron chi connectivity index (χ4n) is 5.21. The number of carboxylic acids is 1. The molecule has 0 bridgehead atoms. The zero-order valence-corrected chi connectivity index (χ0v) is 38.9. The average Bonchev–Trinajstić information content (AvgIpc) is 3.26. The number of aliphatic hydroxyl groups is 1. The van der Waals surface area contributed by atoms with Crippen molar-refractivity contribution in [2.24, 2.45) is 5.73 Å².